The van der Waals surface area contributed by atoms with Gasteiger partial charge in [0, 0.05) is 10.5 Å². The molecule has 1 aromatic rings. The minimum atomic E-state index is 0.332. The van der Waals surface area contributed by atoms with Crippen molar-refractivity contribution in [1.29, 1.82) is 0 Å². The third-order valence-electron chi connectivity index (χ3n) is 2.38. The zero-order valence-electron chi connectivity index (χ0n) is 7.10. The maximum atomic E-state index is 5.88. The lowest BCUT2D eigenvalue weighted by Crippen LogP contribution is -2.19. The molecule has 64 valence electrons. The molecule has 0 radical (unpaired) electrons. The summed E-state index contributed by atoms with van der Waals surface area (Å²) in [4.78, 5) is 0. The zero-order valence-corrected chi connectivity index (χ0v) is 8.69. The highest BCUT2D eigenvalue weighted by molar-refractivity contribution is 9.10. The van der Waals surface area contributed by atoms with Gasteiger partial charge in [-0.15, -0.1) is 0 Å². The molecule has 1 unspecified atom stereocenters. The highest BCUT2D eigenvalue weighted by Gasteiger charge is 2.20. The maximum Gasteiger partial charge on any atom is 0.0213 e. The molecule has 0 spiro atoms. The number of halogens is 1. The van der Waals surface area contributed by atoms with Crippen molar-refractivity contribution in [2.24, 2.45) is 5.73 Å². The molecule has 0 saturated heterocycles. The Bertz CT molecular complexity index is 320. The van der Waals surface area contributed by atoms with E-state index in [1.54, 1.807) is 0 Å². The molecule has 0 saturated carbocycles. The number of benzene rings is 1. The number of hydrogen-bond acceptors (Lipinski definition) is 1. The van der Waals surface area contributed by atoms with Crippen LogP contribution in [0.25, 0.3) is 0 Å². The van der Waals surface area contributed by atoms with E-state index in [2.05, 4.69) is 35.0 Å². The monoisotopic (exact) mass is 225 g/mol. The number of fused-ring (bicyclic) bond motifs is 1. The summed E-state index contributed by atoms with van der Waals surface area (Å²) in [5, 5.41) is 0. The molecular weight excluding hydrogens is 214 g/mol. The minimum absolute atomic E-state index is 0.332. The molecule has 2 rings (SSSR count). The molecule has 0 heterocycles. The molecule has 12 heavy (non-hydrogen) atoms. The zero-order chi connectivity index (χ0) is 8.72. The van der Waals surface area contributed by atoms with Gasteiger partial charge < -0.3 is 5.73 Å². The van der Waals surface area contributed by atoms with Crippen molar-refractivity contribution in [3.05, 3.63) is 33.3 Å². The highest BCUT2D eigenvalue weighted by Crippen LogP contribution is 2.29. The van der Waals surface area contributed by atoms with Crippen LogP contribution in [-0.4, -0.2) is 6.04 Å². The summed E-state index contributed by atoms with van der Waals surface area (Å²) in [6.45, 7) is 2.12. The van der Waals surface area contributed by atoms with Crippen LogP contribution in [0.4, 0.5) is 0 Å². The smallest absolute Gasteiger partial charge is 0.0213 e. The predicted octanol–water partition coefficient (Wildman–Crippen LogP) is 2.18. The summed E-state index contributed by atoms with van der Waals surface area (Å²) in [7, 11) is 0. The Morgan fingerprint density at radius 2 is 2.17 bits per heavy atom. The molecule has 1 atom stereocenters. The number of hydrogen-bond donors (Lipinski definition) is 1. The summed E-state index contributed by atoms with van der Waals surface area (Å²) < 4.78 is 1.23. The van der Waals surface area contributed by atoms with Crippen LogP contribution in [0.15, 0.2) is 16.6 Å². The number of aryl methyl sites for hydroxylation is 1. The fourth-order valence-corrected chi connectivity index (χ4v) is 2.65. The average molecular weight is 226 g/mol. The Balaban J connectivity index is 2.52. The van der Waals surface area contributed by atoms with E-state index in [-0.39, 0.29) is 0 Å². The molecule has 0 fully saturated rings. The third kappa shape index (κ3) is 1.29. The highest BCUT2D eigenvalue weighted by atomic mass is 79.9. The fourth-order valence-electron chi connectivity index (χ4n) is 1.87. The van der Waals surface area contributed by atoms with Gasteiger partial charge in [-0.2, -0.15) is 0 Å². The molecule has 1 aliphatic rings. The van der Waals surface area contributed by atoms with Gasteiger partial charge in [-0.1, -0.05) is 22.0 Å². The van der Waals surface area contributed by atoms with Crippen molar-refractivity contribution >= 4 is 15.9 Å². The largest absolute Gasteiger partial charge is 0.327 e. The quantitative estimate of drug-likeness (QED) is 0.720. The van der Waals surface area contributed by atoms with E-state index in [9.17, 15) is 0 Å². The first-order valence-corrected chi connectivity index (χ1v) is 4.99. The van der Waals surface area contributed by atoms with Gasteiger partial charge in [0.2, 0.25) is 0 Å². The first-order chi connectivity index (χ1) is 5.66. The fraction of sp³-hybridized carbons (Fsp3) is 0.400. The second-order valence-corrected chi connectivity index (χ2v) is 4.41. The molecule has 2 N–H and O–H groups in total. The van der Waals surface area contributed by atoms with Gasteiger partial charge in [0.15, 0.2) is 0 Å². The predicted molar refractivity (Wildman–Crippen MR) is 54.3 cm³/mol. The van der Waals surface area contributed by atoms with Crippen molar-refractivity contribution in [2.75, 3.05) is 0 Å². The van der Waals surface area contributed by atoms with Crippen LogP contribution in [0.5, 0.6) is 0 Å². The molecule has 0 aliphatic heterocycles. The van der Waals surface area contributed by atoms with Crippen LogP contribution in [0.2, 0.25) is 0 Å². The second kappa shape index (κ2) is 2.86. The van der Waals surface area contributed by atoms with Gasteiger partial charge in [0.05, 0.1) is 0 Å². The van der Waals surface area contributed by atoms with Gasteiger partial charge in [-0.3, -0.25) is 0 Å². The SMILES string of the molecule is Cc1cc(Br)c2c(c1)CC(N)C2. The van der Waals surface area contributed by atoms with Crippen LogP contribution in [0.1, 0.15) is 16.7 Å². The Morgan fingerprint density at radius 3 is 2.92 bits per heavy atom. The molecule has 0 bridgehead atoms. The summed E-state index contributed by atoms with van der Waals surface area (Å²) in [5.74, 6) is 0. The lowest BCUT2D eigenvalue weighted by molar-refractivity contribution is 0.720. The maximum absolute atomic E-state index is 5.88. The Kier molecular flexibility index (Phi) is 1.97. The van der Waals surface area contributed by atoms with Crippen LogP contribution < -0.4 is 5.73 Å². The van der Waals surface area contributed by atoms with Crippen molar-refractivity contribution in [3.8, 4) is 0 Å². The third-order valence-corrected chi connectivity index (χ3v) is 3.09. The van der Waals surface area contributed by atoms with Gasteiger partial charge in [0.1, 0.15) is 0 Å². The van der Waals surface area contributed by atoms with Crippen molar-refractivity contribution in [2.45, 2.75) is 25.8 Å². The Hall–Kier alpha value is -0.340. The standard InChI is InChI=1S/C10H12BrN/c1-6-2-7-4-8(12)5-9(7)10(11)3-6/h2-3,8H,4-5,12H2,1H3. The summed E-state index contributed by atoms with van der Waals surface area (Å²) >= 11 is 3.57. The van der Waals surface area contributed by atoms with Crippen molar-refractivity contribution < 1.29 is 0 Å². The topological polar surface area (TPSA) is 26.0 Å². The van der Waals surface area contributed by atoms with E-state index in [4.69, 9.17) is 5.73 Å². The lowest BCUT2D eigenvalue weighted by atomic mass is 10.1. The molecule has 1 aliphatic carbocycles. The first-order valence-electron chi connectivity index (χ1n) is 4.20. The van der Waals surface area contributed by atoms with Crippen LogP contribution in [0.3, 0.4) is 0 Å². The van der Waals surface area contributed by atoms with Crippen LogP contribution in [-0.2, 0) is 12.8 Å². The normalized spacial score (nSPS) is 21.1. The van der Waals surface area contributed by atoms with E-state index < -0.39 is 0 Å². The number of nitrogens with two attached hydrogens (primary N) is 1. The average Bonchev–Trinajstić information content (AvgIpc) is 2.29. The molecule has 1 nitrogen and oxygen atoms in total. The number of rotatable bonds is 0. The van der Waals surface area contributed by atoms with Gasteiger partial charge in [-0.05, 0) is 42.5 Å². The van der Waals surface area contributed by atoms with E-state index in [0.29, 0.717) is 6.04 Å². The summed E-state index contributed by atoms with van der Waals surface area (Å²) in [5.41, 5.74) is 10.0. The van der Waals surface area contributed by atoms with Crippen molar-refractivity contribution in [3.63, 3.8) is 0 Å². The Labute approximate surface area is 81.1 Å². The summed E-state index contributed by atoms with van der Waals surface area (Å²) in [6.07, 6.45) is 2.06. The van der Waals surface area contributed by atoms with E-state index >= 15 is 0 Å². The second-order valence-electron chi connectivity index (χ2n) is 3.55. The van der Waals surface area contributed by atoms with Crippen LogP contribution in [0, 0.1) is 6.92 Å². The minimum Gasteiger partial charge on any atom is -0.327 e. The summed E-state index contributed by atoms with van der Waals surface area (Å²) in [6, 6.07) is 4.74. The van der Waals surface area contributed by atoms with E-state index in [0.717, 1.165) is 12.8 Å². The van der Waals surface area contributed by atoms with E-state index in [1.165, 1.54) is 21.2 Å². The molecular formula is C10H12BrN. The van der Waals surface area contributed by atoms with Gasteiger partial charge >= 0.3 is 0 Å². The Morgan fingerprint density at radius 1 is 1.42 bits per heavy atom. The van der Waals surface area contributed by atoms with Crippen LogP contribution >= 0.6 is 15.9 Å². The van der Waals surface area contributed by atoms with E-state index in [1.807, 2.05) is 0 Å². The first kappa shape index (κ1) is 8.27. The molecule has 0 amide bonds. The lowest BCUT2D eigenvalue weighted by Gasteiger charge is -2.02. The van der Waals surface area contributed by atoms with Gasteiger partial charge in [-0.25, -0.2) is 0 Å². The molecule has 2 heteroatoms. The van der Waals surface area contributed by atoms with Crippen molar-refractivity contribution in [1.82, 2.24) is 0 Å². The molecule has 1 aromatic carbocycles. The van der Waals surface area contributed by atoms with Gasteiger partial charge in [0.25, 0.3) is 0 Å². The molecule has 0 aromatic heterocycles.